The first-order valence-corrected chi connectivity index (χ1v) is 12.2. The normalized spacial score (nSPS) is 22.1. The molecule has 2 bridgehead atoms. The zero-order valence-electron chi connectivity index (χ0n) is 19.0. The van der Waals surface area contributed by atoms with Crippen LogP contribution in [0.3, 0.4) is 0 Å². The van der Waals surface area contributed by atoms with Gasteiger partial charge in [-0.2, -0.15) is 0 Å². The maximum atomic E-state index is 13.7. The average Bonchev–Trinajstić information content (AvgIpc) is 3.31. The van der Waals surface area contributed by atoms with E-state index in [1.54, 1.807) is 19.5 Å². The zero-order valence-corrected chi connectivity index (χ0v) is 19.8. The van der Waals surface area contributed by atoms with Gasteiger partial charge in [0.25, 0.3) is 0 Å². The second-order valence-corrected chi connectivity index (χ2v) is 10.0. The number of thiazole rings is 1. The average molecular weight is 469 g/mol. The first-order valence-electron chi connectivity index (χ1n) is 11.4. The van der Waals surface area contributed by atoms with Gasteiger partial charge in [-0.1, -0.05) is 36.4 Å². The number of hydrogen-bond donors (Lipinski definition) is 1. The lowest BCUT2D eigenvalue weighted by Gasteiger charge is -2.49. The molecule has 0 fully saturated rings. The number of fused-ring (bicyclic) bond motifs is 1. The minimum absolute atomic E-state index is 0.0151. The molecule has 2 aromatic heterocycles. The van der Waals surface area contributed by atoms with Gasteiger partial charge in [-0.25, -0.2) is 4.98 Å². The summed E-state index contributed by atoms with van der Waals surface area (Å²) in [6.45, 7) is 2.05. The van der Waals surface area contributed by atoms with Gasteiger partial charge >= 0.3 is 0 Å². The molecule has 0 saturated carbocycles. The lowest BCUT2D eigenvalue weighted by molar-refractivity contribution is -0.126. The molecule has 3 aliphatic carbocycles. The number of nitrogens with one attached hydrogen (secondary N) is 1. The van der Waals surface area contributed by atoms with Crippen molar-refractivity contribution in [1.82, 2.24) is 15.0 Å². The van der Waals surface area contributed by atoms with Crippen molar-refractivity contribution >= 4 is 22.4 Å². The Kier molecular flexibility index (Phi) is 4.95. The Morgan fingerprint density at radius 1 is 1.09 bits per heavy atom. The van der Waals surface area contributed by atoms with E-state index in [0.717, 1.165) is 28.4 Å². The number of rotatable bonds is 5. The minimum Gasteiger partial charge on any atom is -0.497 e. The summed E-state index contributed by atoms with van der Waals surface area (Å²) < 4.78 is 5.23. The number of carbonyl (C=O) groups excluding carboxylic acids is 1. The molecule has 1 N–H and O–H groups in total. The predicted octanol–water partition coefficient (Wildman–Crippen LogP) is 5.16. The lowest BCUT2D eigenvalue weighted by Crippen LogP contribution is -2.47. The molecule has 7 rings (SSSR count). The highest BCUT2D eigenvalue weighted by molar-refractivity contribution is 7.13. The summed E-state index contributed by atoms with van der Waals surface area (Å²) in [4.78, 5) is 27.8. The second-order valence-electron chi connectivity index (χ2n) is 9.19. The van der Waals surface area contributed by atoms with E-state index in [2.05, 4.69) is 40.4 Å². The van der Waals surface area contributed by atoms with Crippen LogP contribution in [-0.2, 0) is 11.2 Å². The number of amides is 1. The number of carbonyl (C=O) groups is 1. The molecule has 0 aliphatic heterocycles. The van der Waals surface area contributed by atoms with Gasteiger partial charge in [0.1, 0.15) is 5.75 Å². The number of aromatic nitrogens is 3. The van der Waals surface area contributed by atoms with Crippen LogP contribution in [0.1, 0.15) is 59.0 Å². The molecule has 2 heterocycles. The van der Waals surface area contributed by atoms with Gasteiger partial charge in [-0.05, 0) is 42.2 Å². The molecule has 3 unspecified atom stereocenters. The van der Waals surface area contributed by atoms with Gasteiger partial charge in [0.05, 0.1) is 29.6 Å². The first-order chi connectivity index (χ1) is 16.6. The van der Waals surface area contributed by atoms with E-state index in [9.17, 15) is 4.79 Å². The Labute approximate surface area is 202 Å². The summed E-state index contributed by atoms with van der Waals surface area (Å²) in [6.07, 6.45) is 4.89. The van der Waals surface area contributed by atoms with E-state index >= 15 is 0 Å². The molecule has 7 heteroatoms. The quantitative estimate of drug-likeness (QED) is 0.438. The molecule has 170 valence electrons. The van der Waals surface area contributed by atoms with E-state index < -0.39 is 5.41 Å². The van der Waals surface area contributed by atoms with E-state index in [4.69, 9.17) is 9.72 Å². The third kappa shape index (κ3) is 3.30. The third-order valence-corrected chi connectivity index (χ3v) is 7.95. The summed E-state index contributed by atoms with van der Waals surface area (Å²) in [5.41, 5.74) is 5.83. The Balaban J connectivity index is 1.26. The number of methoxy groups -OCH3 is 1. The number of anilines is 1. The van der Waals surface area contributed by atoms with Crippen LogP contribution in [0, 0.1) is 5.41 Å². The van der Waals surface area contributed by atoms with Crippen LogP contribution in [0.15, 0.2) is 66.3 Å². The topological polar surface area (TPSA) is 77.0 Å². The highest BCUT2D eigenvalue weighted by Crippen LogP contribution is 2.60. The van der Waals surface area contributed by atoms with E-state index in [0.29, 0.717) is 18.0 Å². The molecule has 2 aromatic carbocycles. The monoisotopic (exact) mass is 468 g/mol. The van der Waals surface area contributed by atoms with Gasteiger partial charge in [-0.15, -0.1) is 11.3 Å². The number of ether oxygens (including phenoxy) is 1. The first kappa shape index (κ1) is 21.0. The van der Waals surface area contributed by atoms with Gasteiger partial charge in [0.15, 0.2) is 5.13 Å². The van der Waals surface area contributed by atoms with Crippen molar-refractivity contribution in [1.29, 1.82) is 0 Å². The smallest absolute Gasteiger partial charge is 0.233 e. The molecule has 6 nitrogen and oxygen atoms in total. The van der Waals surface area contributed by atoms with Crippen molar-refractivity contribution in [2.24, 2.45) is 5.41 Å². The Morgan fingerprint density at radius 2 is 1.82 bits per heavy atom. The summed E-state index contributed by atoms with van der Waals surface area (Å²) >= 11 is 1.46. The minimum atomic E-state index is -0.635. The van der Waals surface area contributed by atoms with Crippen LogP contribution in [0.25, 0.3) is 0 Å². The molecular weight excluding hydrogens is 444 g/mol. The van der Waals surface area contributed by atoms with Crippen molar-refractivity contribution in [3.63, 3.8) is 0 Å². The van der Waals surface area contributed by atoms with Crippen LogP contribution < -0.4 is 10.1 Å². The molecule has 34 heavy (non-hydrogen) atoms. The van der Waals surface area contributed by atoms with Gasteiger partial charge in [0.2, 0.25) is 5.91 Å². The van der Waals surface area contributed by atoms with Crippen LogP contribution in [0.4, 0.5) is 5.13 Å². The molecular formula is C27H24N4O2S. The third-order valence-electron chi connectivity index (χ3n) is 7.14. The fourth-order valence-corrected chi connectivity index (χ4v) is 6.20. The number of nitrogens with zero attached hydrogens (tertiary/aromatic N) is 3. The standard InChI is InChI=1S/C27H24N4O2S/c1-27(14-21-19-5-3-4-6-20(19)22(27)24-23(21)28-11-12-29-24)25(32)31-26-30-17(15-34-26)13-16-7-9-18(33-2)10-8-16/h3-12,15,21-22H,13-14H2,1-2H3,(H,30,31,32). The summed E-state index contributed by atoms with van der Waals surface area (Å²) in [7, 11) is 1.66. The van der Waals surface area contributed by atoms with Crippen LogP contribution in [0.5, 0.6) is 5.75 Å². The zero-order chi connectivity index (χ0) is 23.3. The molecule has 0 spiro atoms. The van der Waals surface area contributed by atoms with Gasteiger partial charge in [0, 0.05) is 36.0 Å². The van der Waals surface area contributed by atoms with Gasteiger partial charge < -0.3 is 10.1 Å². The predicted molar refractivity (Wildman–Crippen MR) is 131 cm³/mol. The Bertz CT molecular complexity index is 1340. The maximum absolute atomic E-state index is 13.7. The number of hydrogen-bond acceptors (Lipinski definition) is 6. The SMILES string of the molecule is COc1ccc(Cc2csc(NC(=O)C3(C)CC4c5ccccc5C3c3nccnc34)n2)cc1. The van der Waals surface area contributed by atoms with Crippen molar-refractivity contribution < 1.29 is 9.53 Å². The summed E-state index contributed by atoms with van der Waals surface area (Å²) in [5.74, 6) is 0.759. The second kappa shape index (κ2) is 8.02. The summed E-state index contributed by atoms with van der Waals surface area (Å²) in [5, 5.41) is 5.76. The largest absolute Gasteiger partial charge is 0.497 e. The molecule has 3 aliphatic rings. The molecule has 3 atom stereocenters. The molecule has 0 saturated heterocycles. The van der Waals surface area contributed by atoms with E-state index in [-0.39, 0.29) is 17.7 Å². The van der Waals surface area contributed by atoms with Crippen molar-refractivity contribution in [2.75, 3.05) is 12.4 Å². The molecule has 0 radical (unpaired) electrons. The van der Waals surface area contributed by atoms with Crippen molar-refractivity contribution in [3.8, 4) is 5.75 Å². The van der Waals surface area contributed by atoms with Crippen molar-refractivity contribution in [3.05, 3.63) is 100 Å². The lowest BCUT2D eigenvalue weighted by atomic mass is 9.54. The maximum Gasteiger partial charge on any atom is 0.233 e. The van der Waals surface area contributed by atoms with Crippen LogP contribution in [-0.4, -0.2) is 28.0 Å². The van der Waals surface area contributed by atoms with Gasteiger partial charge in [-0.3, -0.25) is 14.8 Å². The molecule has 4 aromatic rings. The van der Waals surface area contributed by atoms with Crippen LogP contribution in [0.2, 0.25) is 0 Å². The fraction of sp³-hybridized carbons (Fsp3) is 0.259. The van der Waals surface area contributed by atoms with Crippen LogP contribution >= 0.6 is 11.3 Å². The highest BCUT2D eigenvalue weighted by atomic mass is 32.1. The number of benzene rings is 2. The van der Waals surface area contributed by atoms with Crippen molar-refractivity contribution in [2.45, 2.75) is 31.6 Å². The van der Waals surface area contributed by atoms with E-state index in [1.807, 2.05) is 35.7 Å². The summed E-state index contributed by atoms with van der Waals surface area (Å²) in [6, 6.07) is 16.4. The highest BCUT2D eigenvalue weighted by Gasteiger charge is 2.55. The molecule has 1 amide bonds. The Morgan fingerprint density at radius 3 is 2.59 bits per heavy atom. The van der Waals surface area contributed by atoms with E-state index in [1.165, 1.54) is 22.5 Å². The Hall–Kier alpha value is -3.58. The fourth-order valence-electron chi connectivity index (χ4n) is 5.49.